The van der Waals surface area contributed by atoms with Crippen LogP contribution >= 0.6 is 11.8 Å². The third-order valence-corrected chi connectivity index (χ3v) is 9.48. The molecule has 1 fully saturated rings. The summed E-state index contributed by atoms with van der Waals surface area (Å²) in [5.41, 5.74) is 2.35. The van der Waals surface area contributed by atoms with Crippen LogP contribution < -0.4 is 15.4 Å². The Morgan fingerprint density at radius 3 is 2.55 bits per heavy atom. The number of para-hydroxylation sites is 1. The molecule has 3 heterocycles. The number of rotatable bonds is 10. The highest BCUT2D eigenvalue weighted by atomic mass is 32.2. The zero-order valence-electron chi connectivity index (χ0n) is 24.8. The van der Waals surface area contributed by atoms with Gasteiger partial charge in [-0.2, -0.15) is 0 Å². The molecule has 0 saturated carbocycles. The van der Waals surface area contributed by atoms with Crippen LogP contribution in [0.25, 0.3) is 0 Å². The topological polar surface area (TPSA) is 141 Å². The summed E-state index contributed by atoms with van der Waals surface area (Å²) < 4.78 is 5.02. The lowest BCUT2D eigenvalue weighted by Crippen LogP contribution is -2.55. The summed E-state index contributed by atoms with van der Waals surface area (Å²) in [5, 5.41) is 27.8. The average molecular weight is 619 g/mol. The first-order valence-corrected chi connectivity index (χ1v) is 15.7. The van der Waals surface area contributed by atoms with Gasteiger partial charge in [-0.1, -0.05) is 54.6 Å². The van der Waals surface area contributed by atoms with Gasteiger partial charge in [0, 0.05) is 35.2 Å². The van der Waals surface area contributed by atoms with Gasteiger partial charge >= 0.3 is 0 Å². The number of nitrogens with one attached hydrogen (secondary N) is 2. The highest BCUT2D eigenvalue weighted by molar-refractivity contribution is 8.00. The second-order valence-electron chi connectivity index (χ2n) is 11.7. The predicted molar refractivity (Wildman–Crippen MR) is 166 cm³/mol. The van der Waals surface area contributed by atoms with E-state index in [1.807, 2.05) is 62.4 Å². The number of pyridine rings is 1. The SMILES string of the molecule is CC1(C)SCN(C(=O)[C@@H](O)C[C@@H](Cc2ccccc2)C(=O)N[C@H]2c3ccccc3OC[C@H]2O)[C@@H]1C(=O)NCc1cccnc1. The van der Waals surface area contributed by atoms with Gasteiger partial charge in [-0.15, -0.1) is 11.8 Å². The van der Waals surface area contributed by atoms with E-state index in [1.165, 1.54) is 16.7 Å². The number of hydrogen-bond acceptors (Lipinski definition) is 8. The minimum atomic E-state index is -1.52. The van der Waals surface area contributed by atoms with Crippen molar-refractivity contribution in [3.05, 3.63) is 95.8 Å². The highest BCUT2D eigenvalue weighted by Gasteiger charge is 2.49. The van der Waals surface area contributed by atoms with Gasteiger partial charge in [0.1, 0.15) is 30.6 Å². The van der Waals surface area contributed by atoms with E-state index in [1.54, 1.807) is 30.6 Å². The molecule has 4 N–H and O–H groups in total. The van der Waals surface area contributed by atoms with Crippen molar-refractivity contribution >= 4 is 29.5 Å². The molecular weight excluding hydrogens is 580 g/mol. The van der Waals surface area contributed by atoms with Crippen molar-refractivity contribution in [1.82, 2.24) is 20.5 Å². The molecule has 0 radical (unpaired) electrons. The highest BCUT2D eigenvalue weighted by Crippen LogP contribution is 2.40. The Labute approximate surface area is 261 Å². The molecule has 2 aliphatic rings. The fourth-order valence-corrected chi connectivity index (χ4v) is 6.88. The Balaban J connectivity index is 1.31. The van der Waals surface area contributed by atoms with E-state index in [-0.39, 0.29) is 37.8 Å². The van der Waals surface area contributed by atoms with Crippen LogP contribution in [0.15, 0.2) is 79.1 Å². The summed E-state index contributed by atoms with van der Waals surface area (Å²) in [6.45, 7) is 4.08. The quantitative estimate of drug-likeness (QED) is 0.272. The van der Waals surface area contributed by atoms with Crippen LogP contribution in [0.2, 0.25) is 0 Å². The van der Waals surface area contributed by atoms with Gasteiger partial charge in [0.2, 0.25) is 11.8 Å². The van der Waals surface area contributed by atoms with Crippen molar-refractivity contribution in [1.29, 1.82) is 0 Å². The third kappa shape index (κ3) is 7.23. The minimum Gasteiger partial charge on any atom is -0.490 e. The number of benzene rings is 2. The van der Waals surface area contributed by atoms with Crippen LogP contribution in [-0.4, -0.2) is 73.3 Å². The van der Waals surface area contributed by atoms with Crippen molar-refractivity contribution in [2.75, 3.05) is 12.5 Å². The molecule has 1 aromatic heterocycles. The standard InChI is InChI=1S/C33H38N4O6S/c1-33(2)29(31(41)35-18-22-11-8-14-34-17-22)37(20-44-33)32(42)25(38)16-23(15-21-9-4-3-5-10-21)30(40)36-28-24-12-6-7-13-27(24)43-19-26(28)39/h3-14,17,23,25-26,28-29,38-39H,15-16,18-20H2,1-2H3,(H,35,41)(H,36,40)/t23-,25+,26-,28+,29-/m1/s1. The summed E-state index contributed by atoms with van der Waals surface area (Å²) in [4.78, 5) is 46.4. The van der Waals surface area contributed by atoms with E-state index in [4.69, 9.17) is 4.74 Å². The van der Waals surface area contributed by atoms with Crippen LogP contribution in [0.4, 0.5) is 0 Å². The Kier molecular flexibility index (Phi) is 9.87. The largest absolute Gasteiger partial charge is 0.490 e. The first-order valence-electron chi connectivity index (χ1n) is 14.7. The van der Waals surface area contributed by atoms with E-state index >= 15 is 0 Å². The fraction of sp³-hybridized carbons (Fsp3) is 0.394. The first-order chi connectivity index (χ1) is 21.1. The molecule has 3 amide bonds. The normalized spacial score (nSPS) is 21.8. The number of fused-ring (bicyclic) bond motifs is 1. The number of carbonyl (C=O) groups excluding carboxylic acids is 3. The second-order valence-corrected chi connectivity index (χ2v) is 13.3. The summed E-state index contributed by atoms with van der Waals surface area (Å²) in [7, 11) is 0. The fourth-order valence-electron chi connectivity index (χ4n) is 5.74. The lowest BCUT2D eigenvalue weighted by atomic mass is 9.90. The molecule has 0 bridgehead atoms. The first kappa shape index (κ1) is 31.5. The molecule has 0 unspecified atom stereocenters. The van der Waals surface area contributed by atoms with E-state index < -0.39 is 46.8 Å². The minimum absolute atomic E-state index is 0.0269. The van der Waals surface area contributed by atoms with Crippen LogP contribution in [-0.2, 0) is 27.3 Å². The molecule has 2 aromatic carbocycles. The molecule has 0 aliphatic carbocycles. The molecule has 44 heavy (non-hydrogen) atoms. The van der Waals surface area contributed by atoms with Crippen molar-refractivity contribution < 1.29 is 29.3 Å². The van der Waals surface area contributed by atoms with Crippen LogP contribution in [0, 0.1) is 5.92 Å². The number of thioether (sulfide) groups is 1. The second kappa shape index (κ2) is 13.8. The van der Waals surface area contributed by atoms with E-state index in [9.17, 15) is 24.6 Å². The summed E-state index contributed by atoms with van der Waals surface area (Å²) in [5.74, 6) is -1.31. The van der Waals surface area contributed by atoms with Crippen molar-refractivity contribution in [2.45, 2.75) is 62.3 Å². The van der Waals surface area contributed by atoms with Gasteiger partial charge in [-0.25, -0.2) is 0 Å². The molecule has 232 valence electrons. The number of ether oxygens (including phenoxy) is 1. The molecule has 3 aromatic rings. The number of carbonyl (C=O) groups is 3. The van der Waals surface area contributed by atoms with Crippen LogP contribution in [0.3, 0.4) is 0 Å². The average Bonchev–Trinajstić information content (AvgIpc) is 3.36. The van der Waals surface area contributed by atoms with E-state index in [0.717, 1.165) is 11.1 Å². The Bertz CT molecular complexity index is 1460. The zero-order valence-corrected chi connectivity index (χ0v) is 25.6. The lowest BCUT2D eigenvalue weighted by Gasteiger charge is -2.33. The van der Waals surface area contributed by atoms with E-state index in [0.29, 0.717) is 11.3 Å². The number of amides is 3. The van der Waals surface area contributed by atoms with Gasteiger partial charge < -0.3 is 30.5 Å². The molecule has 5 rings (SSSR count). The maximum atomic E-state index is 13.8. The van der Waals surface area contributed by atoms with Gasteiger partial charge in [0.05, 0.1) is 11.9 Å². The lowest BCUT2D eigenvalue weighted by molar-refractivity contribution is -0.147. The molecule has 1 saturated heterocycles. The number of aliphatic hydroxyl groups excluding tert-OH is 2. The summed E-state index contributed by atoms with van der Waals surface area (Å²) >= 11 is 1.46. The Morgan fingerprint density at radius 2 is 1.80 bits per heavy atom. The van der Waals surface area contributed by atoms with Gasteiger partial charge in [0.25, 0.3) is 5.91 Å². The van der Waals surface area contributed by atoms with E-state index in [2.05, 4.69) is 15.6 Å². The molecule has 10 nitrogen and oxygen atoms in total. The number of aromatic nitrogens is 1. The van der Waals surface area contributed by atoms with Gasteiger partial charge in [-0.3, -0.25) is 19.4 Å². The van der Waals surface area contributed by atoms with Crippen LogP contribution in [0.1, 0.15) is 43.0 Å². The van der Waals surface area contributed by atoms with Gasteiger partial charge in [0.15, 0.2) is 0 Å². The Hall–Kier alpha value is -3.93. The third-order valence-electron chi connectivity index (χ3n) is 8.10. The number of nitrogens with zero attached hydrogens (tertiary/aromatic N) is 2. The molecule has 5 atom stereocenters. The summed E-state index contributed by atoms with van der Waals surface area (Å²) in [6, 6.07) is 18.7. The molecule has 11 heteroatoms. The Morgan fingerprint density at radius 1 is 1.07 bits per heavy atom. The predicted octanol–water partition coefficient (Wildman–Crippen LogP) is 2.60. The van der Waals surface area contributed by atoms with Crippen molar-refractivity contribution in [3.8, 4) is 5.75 Å². The van der Waals surface area contributed by atoms with Crippen LogP contribution in [0.5, 0.6) is 5.75 Å². The maximum Gasteiger partial charge on any atom is 0.252 e. The molecule has 2 aliphatic heterocycles. The number of hydrogen-bond donors (Lipinski definition) is 4. The van der Waals surface area contributed by atoms with Crippen molar-refractivity contribution in [2.24, 2.45) is 5.92 Å². The summed E-state index contributed by atoms with van der Waals surface area (Å²) in [6.07, 6.45) is 0.938. The molecule has 0 spiro atoms. The zero-order chi connectivity index (χ0) is 31.3. The van der Waals surface area contributed by atoms with Gasteiger partial charge in [-0.05, 0) is 49.9 Å². The maximum absolute atomic E-state index is 13.8. The molecular formula is C33H38N4O6S. The monoisotopic (exact) mass is 618 g/mol. The smallest absolute Gasteiger partial charge is 0.252 e. The number of aliphatic hydroxyl groups is 2. The van der Waals surface area contributed by atoms with Crippen molar-refractivity contribution in [3.63, 3.8) is 0 Å².